The van der Waals surface area contributed by atoms with Crippen molar-refractivity contribution in [1.29, 1.82) is 0 Å². The number of phenolic OH excluding ortho intramolecular Hbond substituents is 1. The highest BCUT2D eigenvalue weighted by Crippen LogP contribution is 2.42. The topological polar surface area (TPSA) is 129 Å². The predicted octanol–water partition coefficient (Wildman–Crippen LogP) is 5.85. The van der Waals surface area contributed by atoms with Gasteiger partial charge in [-0.3, -0.25) is 19.5 Å². The van der Waals surface area contributed by atoms with Gasteiger partial charge in [0.2, 0.25) is 5.91 Å². The van der Waals surface area contributed by atoms with E-state index >= 15 is 0 Å². The number of nitrogens with zero attached hydrogens (tertiary/aromatic N) is 2. The lowest BCUT2D eigenvalue weighted by Gasteiger charge is -2.33. The number of anilines is 1. The SMILES string of the molecule is Cc1n[nH]c(C)c1-c1ccc(NC(=O)[C@@H](NC(=O)C2(F)CC2)[C@@H]2CCCc3ccc(-c4ccc(=O)n(C(C)C)c4)cc32)cc1O. The number of carbonyl (C=O) groups excluding carboxylic acids is 2. The van der Waals surface area contributed by atoms with Crippen molar-refractivity contribution in [2.24, 2.45) is 0 Å². The second-order valence-corrected chi connectivity index (χ2v) is 12.6. The van der Waals surface area contributed by atoms with Crippen molar-refractivity contribution in [3.63, 3.8) is 0 Å². The largest absolute Gasteiger partial charge is 0.507 e. The van der Waals surface area contributed by atoms with Crippen LogP contribution in [0, 0.1) is 13.8 Å². The molecule has 2 aliphatic rings. The van der Waals surface area contributed by atoms with E-state index in [2.05, 4.69) is 20.8 Å². The van der Waals surface area contributed by atoms with Crippen molar-refractivity contribution in [3.8, 4) is 28.0 Å². The van der Waals surface area contributed by atoms with Crippen molar-refractivity contribution < 1.29 is 19.1 Å². The highest BCUT2D eigenvalue weighted by molar-refractivity contribution is 6.00. The molecule has 4 aromatic rings. The third kappa shape index (κ3) is 5.89. The summed E-state index contributed by atoms with van der Waals surface area (Å²) in [5.41, 5.74) is 4.93. The Labute approximate surface area is 260 Å². The normalized spacial score (nSPS) is 17.4. The number of aromatic nitrogens is 3. The van der Waals surface area contributed by atoms with Crippen molar-refractivity contribution in [2.45, 2.75) is 83.5 Å². The summed E-state index contributed by atoms with van der Waals surface area (Å²) < 4.78 is 16.6. The number of hydrogen-bond acceptors (Lipinski definition) is 5. The average molecular weight is 612 g/mol. The molecule has 0 radical (unpaired) electrons. The highest BCUT2D eigenvalue weighted by atomic mass is 19.1. The maximum atomic E-state index is 14.9. The maximum Gasteiger partial charge on any atom is 0.258 e. The molecule has 0 bridgehead atoms. The minimum Gasteiger partial charge on any atom is -0.507 e. The van der Waals surface area contributed by atoms with Crippen molar-refractivity contribution in [1.82, 2.24) is 20.1 Å². The molecule has 6 rings (SSSR count). The lowest BCUT2D eigenvalue weighted by molar-refractivity contribution is -0.131. The Balaban J connectivity index is 1.33. The molecule has 2 aliphatic carbocycles. The molecule has 2 aromatic carbocycles. The number of halogens is 1. The van der Waals surface area contributed by atoms with E-state index in [-0.39, 0.29) is 30.2 Å². The van der Waals surface area contributed by atoms with Crippen molar-refractivity contribution >= 4 is 17.5 Å². The van der Waals surface area contributed by atoms with E-state index in [1.54, 1.807) is 28.8 Å². The van der Waals surface area contributed by atoms with E-state index in [4.69, 9.17) is 0 Å². The predicted molar refractivity (Wildman–Crippen MR) is 171 cm³/mol. The number of nitrogens with one attached hydrogen (secondary N) is 3. The fourth-order valence-electron chi connectivity index (χ4n) is 6.38. The summed E-state index contributed by atoms with van der Waals surface area (Å²) in [6.45, 7) is 7.60. The van der Waals surface area contributed by atoms with Gasteiger partial charge in [0.05, 0.1) is 5.69 Å². The summed E-state index contributed by atoms with van der Waals surface area (Å²) in [5.74, 6) is -1.72. The maximum absolute atomic E-state index is 14.9. The van der Waals surface area contributed by atoms with Crippen LogP contribution in [0.2, 0.25) is 0 Å². The summed E-state index contributed by atoms with van der Waals surface area (Å²) in [5, 5.41) is 23.6. The summed E-state index contributed by atoms with van der Waals surface area (Å²) in [7, 11) is 0. The van der Waals surface area contributed by atoms with Gasteiger partial charge in [-0.25, -0.2) is 4.39 Å². The van der Waals surface area contributed by atoms with Crippen LogP contribution in [0.25, 0.3) is 22.3 Å². The molecule has 1 saturated carbocycles. The number of aryl methyl sites for hydroxylation is 3. The molecule has 2 atom stereocenters. The van der Waals surface area contributed by atoms with Crippen LogP contribution >= 0.6 is 0 Å². The molecule has 9 nitrogen and oxygen atoms in total. The number of alkyl halides is 1. The van der Waals surface area contributed by atoms with Gasteiger partial charge >= 0.3 is 0 Å². The van der Waals surface area contributed by atoms with E-state index < -0.39 is 29.4 Å². The number of phenols is 1. The van der Waals surface area contributed by atoms with E-state index in [1.807, 2.05) is 52.1 Å². The molecule has 0 unspecified atom stereocenters. The molecule has 4 N–H and O–H groups in total. The second kappa shape index (κ2) is 11.6. The summed E-state index contributed by atoms with van der Waals surface area (Å²) in [6.07, 6.45) is 4.33. The molecule has 2 aromatic heterocycles. The Morgan fingerprint density at radius 1 is 1.09 bits per heavy atom. The molecule has 2 heterocycles. The number of carbonyl (C=O) groups is 2. The fourth-order valence-corrected chi connectivity index (χ4v) is 6.38. The zero-order valence-corrected chi connectivity index (χ0v) is 25.9. The summed E-state index contributed by atoms with van der Waals surface area (Å²) in [4.78, 5) is 39.4. The van der Waals surface area contributed by atoms with Crippen LogP contribution in [-0.2, 0) is 16.0 Å². The quantitative estimate of drug-likeness (QED) is 0.199. The number of rotatable bonds is 8. The van der Waals surface area contributed by atoms with Crippen LogP contribution < -0.4 is 16.2 Å². The van der Waals surface area contributed by atoms with Crippen LogP contribution in [0.5, 0.6) is 5.75 Å². The molecule has 10 heteroatoms. The first-order valence-corrected chi connectivity index (χ1v) is 15.5. The van der Waals surface area contributed by atoms with Crippen molar-refractivity contribution in [2.75, 3.05) is 5.32 Å². The van der Waals surface area contributed by atoms with E-state index in [1.165, 1.54) is 6.07 Å². The van der Waals surface area contributed by atoms with Crippen LogP contribution in [0.3, 0.4) is 0 Å². The van der Waals surface area contributed by atoms with Crippen molar-refractivity contribution in [3.05, 3.63) is 87.6 Å². The number of fused-ring (bicyclic) bond motifs is 1. The monoisotopic (exact) mass is 611 g/mol. The van der Waals surface area contributed by atoms with Gasteiger partial charge in [-0.15, -0.1) is 0 Å². The van der Waals surface area contributed by atoms with Crippen LogP contribution in [-0.4, -0.2) is 43.4 Å². The van der Waals surface area contributed by atoms with E-state index in [0.29, 0.717) is 17.7 Å². The smallest absolute Gasteiger partial charge is 0.258 e. The standard InChI is InChI=1S/C35H38FN5O4/c1-19(2)41-18-24(10-13-30(41)43)23-9-8-22-6-5-7-26(28(22)16-23)32(38-34(45)35(36)14-15-35)33(44)37-25-11-12-27(29(42)17-25)31-20(3)39-40-21(31)4/h8-13,16-19,26,32,42H,5-7,14-15H2,1-4H3,(H,37,44)(H,38,45)(H,39,40)/t26-,32+/m1/s1. The van der Waals surface area contributed by atoms with Gasteiger partial charge in [-0.05, 0) is 100 Å². The second-order valence-electron chi connectivity index (χ2n) is 12.6. The Morgan fingerprint density at radius 3 is 2.51 bits per heavy atom. The van der Waals surface area contributed by atoms with Crippen LogP contribution in [0.4, 0.5) is 10.1 Å². The number of pyridine rings is 1. The third-order valence-corrected chi connectivity index (χ3v) is 9.06. The molecule has 45 heavy (non-hydrogen) atoms. The third-order valence-electron chi connectivity index (χ3n) is 9.06. The summed E-state index contributed by atoms with van der Waals surface area (Å²) in [6, 6.07) is 13.2. The molecule has 0 saturated heterocycles. The molecule has 234 valence electrons. The van der Waals surface area contributed by atoms with Crippen LogP contribution in [0.1, 0.15) is 74.0 Å². The molecule has 0 aliphatic heterocycles. The van der Waals surface area contributed by atoms with Gasteiger partial charge in [0.1, 0.15) is 11.8 Å². The number of aromatic amines is 1. The lowest BCUT2D eigenvalue weighted by atomic mass is 9.77. The van der Waals surface area contributed by atoms with Gasteiger partial charge in [-0.2, -0.15) is 5.10 Å². The van der Waals surface area contributed by atoms with Gasteiger partial charge < -0.3 is 20.3 Å². The highest BCUT2D eigenvalue weighted by Gasteiger charge is 2.52. The summed E-state index contributed by atoms with van der Waals surface area (Å²) >= 11 is 0. The van der Waals surface area contributed by atoms with Gasteiger partial charge in [0, 0.05) is 52.8 Å². The molecular formula is C35H38FN5O4. The number of benzene rings is 2. The Bertz CT molecular complexity index is 1840. The number of amides is 2. The van der Waals surface area contributed by atoms with Gasteiger partial charge in [0.15, 0.2) is 5.67 Å². The number of aromatic hydroxyl groups is 1. The van der Waals surface area contributed by atoms with Crippen LogP contribution in [0.15, 0.2) is 59.5 Å². The molecule has 2 amide bonds. The molecule has 1 fully saturated rings. The first-order chi connectivity index (χ1) is 21.4. The Morgan fingerprint density at radius 2 is 1.84 bits per heavy atom. The zero-order valence-electron chi connectivity index (χ0n) is 25.9. The lowest BCUT2D eigenvalue weighted by Crippen LogP contribution is -2.51. The Kier molecular flexibility index (Phi) is 7.84. The Hall–Kier alpha value is -4.73. The van der Waals surface area contributed by atoms with E-state index in [9.17, 15) is 23.9 Å². The van der Waals surface area contributed by atoms with E-state index in [0.717, 1.165) is 52.0 Å². The first kappa shape index (κ1) is 30.3. The first-order valence-electron chi connectivity index (χ1n) is 15.5. The minimum absolute atomic E-state index is 0.0113. The zero-order chi connectivity index (χ0) is 32.0. The average Bonchev–Trinajstić information content (AvgIpc) is 3.69. The molecular weight excluding hydrogens is 573 g/mol. The number of hydrogen-bond donors (Lipinski definition) is 4. The minimum atomic E-state index is -1.96. The molecule has 0 spiro atoms. The number of H-pyrrole nitrogens is 1. The fraction of sp³-hybridized carbons (Fsp3) is 0.371. The van der Waals surface area contributed by atoms with Gasteiger partial charge in [0.25, 0.3) is 11.5 Å². The van der Waals surface area contributed by atoms with Gasteiger partial charge in [-0.1, -0.05) is 18.2 Å².